The number of pyridine rings is 1. The number of benzene rings is 1. The number of furan rings is 1. The van der Waals surface area contributed by atoms with E-state index in [2.05, 4.69) is 15.6 Å². The van der Waals surface area contributed by atoms with Crippen molar-refractivity contribution in [3.8, 4) is 5.75 Å². The van der Waals surface area contributed by atoms with E-state index in [1.54, 1.807) is 60.5 Å². The molecule has 0 unspecified atom stereocenters. The van der Waals surface area contributed by atoms with Crippen LogP contribution in [-0.2, 0) is 21.7 Å². The SMILES string of the molecule is CNc1cc2oc([C@](CN3Cc4ccc(OI)cc4C3=O)(NC(C)=O)C(C)=O)cc2cn1. The molecule has 0 saturated heterocycles. The maximum absolute atomic E-state index is 13.1. The maximum Gasteiger partial charge on any atom is 0.254 e. The smallest absolute Gasteiger partial charge is 0.254 e. The molecule has 0 fully saturated rings. The second-order valence-electron chi connectivity index (χ2n) is 7.67. The summed E-state index contributed by atoms with van der Waals surface area (Å²) < 4.78 is 11.2. The van der Waals surface area contributed by atoms with Gasteiger partial charge >= 0.3 is 0 Å². The van der Waals surface area contributed by atoms with Gasteiger partial charge in [0.1, 0.15) is 22.9 Å². The molecule has 2 N–H and O–H groups in total. The van der Waals surface area contributed by atoms with E-state index in [0.29, 0.717) is 34.6 Å². The monoisotopic (exact) mass is 548 g/mol. The minimum Gasteiger partial charge on any atom is -0.458 e. The van der Waals surface area contributed by atoms with Crippen LogP contribution in [0.15, 0.2) is 40.9 Å². The van der Waals surface area contributed by atoms with Gasteiger partial charge in [-0.1, -0.05) is 6.07 Å². The molecule has 2 amide bonds. The molecule has 0 spiro atoms. The summed E-state index contributed by atoms with van der Waals surface area (Å²) in [5.41, 5.74) is 0.285. The van der Waals surface area contributed by atoms with Gasteiger partial charge in [-0.25, -0.2) is 4.98 Å². The highest BCUT2D eigenvalue weighted by Crippen LogP contribution is 2.34. The van der Waals surface area contributed by atoms with Crippen LogP contribution in [0.5, 0.6) is 5.75 Å². The van der Waals surface area contributed by atoms with Crippen molar-refractivity contribution in [2.24, 2.45) is 0 Å². The highest BCUT2D eigenvalue weighted by atomic mass is 127. The fourth-order valence-corrected chi connectivity index (χ4v) is 4.21. The minimum atomic E-state index is -1.55. The molecule has 0 aliphatic carbocycles. The van der Waals surface area contributed by atoms with E-state index in [0.717, 1.165) is 5.56 Å². The summed E-state index contributed by atoms with van der Waals surface area (Å²) in [6, 6.07) is 8.65. The number of ketones is 1. The molecule has 9 nitrogen and oxygen atoms in total. The third kappa shape index (κ3) is 3.78. The van der Waals surface area contributed by atoms with Crippen LogP contribution in [0.25, 0.3) is 11.0 Å². The van der Waals surface area contributed by atoms with Gasteiger partial charge in [-0.05, 0) is 30.7 Å². The first-order valence-electron chi connectivity index (χ1n) is 9.86. The Balaban J connectivity index is 1.77. The summed E-state index contributed by atoms with van der Waals surface area (Å²) in [6.07, 6.45) is 1.62. The molecule has 3 aromatic rings. The van der Waals surface area contributed by atoms with Crippen molar-refractivity contribution in [3.05, 3.63) is 53.4 Å². The van der Waals surface area contributed by atoms with Gasteiger partial charge in [-0.15, -0.1) is 0 Å². The van der Waals surface area contributed by atoms with Gasteiger partial charge in [-0.3, -0.25) is 14.4 Å². The van der Waals surface area contributed by atoms with Crippen LogP contribution >= 0.6 is 23.0 Å². The van der Waals surface area contributed by atoms with Crippen molar-refractivity contribution in [2.75, 3.05) is 18.9 Å². The lowest BCUT2D eigenvalue weighted by Crippen LogP contribution is -2.57. The number of Topliss-reactive ketones (excluding diaryl/α,β-unsaturated/α-hetero) is 1. The van der Waals surface area contributed by atoms with E-state index < -0.39 is 11.4 Å². The molecule has 1 atom stereocenters. The van der Waals surface area contributed by atoms with Gasteiger partial charge < -0.3 is 23.0 Å². The average Bonchev–Trinajstić information content (AvgIpc) is 3.33. The molecular weight excluding hydrogens is 527 g/mol. The van der Waals surface area contributed by atoms with Crippen molar-refractivity contribution in [1.29, 1.82) is 0 Å². The number of nitrogens with one attached hydrogen (secondary N) is 2. The van der Waals surface area contributed by atoms with Crippen molar-refractivity contribution in [2.45, 2.75) is 25.9 Å². The van der Waals surface area contributed by atoms with E-state index in [1.807, 2.05) is 6.07 Å². The molecule has 1 aromatic carbocycles. The van der Waals surface area contributed by atoms with Crippen LogP contribution in [0.4, 0.5) is 5.82 Å². The summed E-state index contributed by atoms with van der Waals surface area (Å²) in [5, 5.41) is 6.37. The van der Waals surface area contributed by atoms with Crippen molar-refractivity contribution < 1.29 is 21.9 Å². The number of anilines is 1. The Morgan fingerprint density at radius 1 is 1.28 bits per heavy atom. The van der Waals surface area contributed by atoms with Crippen molar-refractivity contribution in [3.63, 3.8) is 0 Å². The Labute approximate surface area is 198 Å². The van der Waals surface area contributed by atoms with E-state index in [4.69, 9.17) is 7.48 Å². The summed E-state index contributed by atoms with van der Waals surface area (Å²) in [5.74, 6) is 0.383. The Bertz CT molecular complexity index is 1240. The third-order valence-corrected chi connectivity index (χ3v) is 6.05. The fourth-order valence-electron chi connectivity index (χ4n) is 3.94. The first-order valence-corrected chi connectivity index (χ1v) is 10.7. The van der Waals surface area contributed by atoms with Gasteiger partial charge in [0.15, 0.2) is 34.3 Å². The van der Waals surface area contributed by atoms with Crippen LogP contribution < -0.4 is 13.7 Å². The van der Waals surface area contributed by atoms with E-state index in [9.17, 15) is 14.4 Å². The largest absolute Gasteiger partial charge is 0.458 e. The van der Waals surface area contributed by atoms with Gasteiger partial charge in [0, 0.05) is 43.7 Å². The number of amides is 2. The lowest BCUT2D eigenvalue weighted by Gasteiger charge is -2.33. The topological polar surface area (TPSA) is 114 Å². The van der Waals surface area contributed by atoms with E-state index in [1.165, 1.54) is 18.7 Å². The second kappa shape index (κ2) is 8.41. The molecule has 3 heterocycles. The normalized spacial score (nSPS) is 14.8. The molecule has 32 heavy (non-hydrogen) atoms. The molecule has 2 aromatic heterocycles. The third-order valence-electron chi connectivity index (χ3n) is 5.55. The quantitative estimate of drug-likeness (QED) is 0.436. The molecular formula is C22H21IN4O5. The number of halogens is 1. The van der Waals surface area contributed by atoms with Crippen LogP contribution in [0, 0.1) is 0 Å². The summed E-state index contributed by atoms with van der Waals surface area (Å²) >= 11 is 1.75. The van der Waals surface area contributed by atoms with Gasteiger partial charge in [0.05, 0.1) is 6.54 Å². The summed E-state index contributed by atoms with van der Waals surface area (Å²) in [7, 11) is 1.74. The van der Waals surface area contributed by atoms with Crippen LogP contribution in [0.1, 0.15) is 35.5 Å². The fraction of sp³-hybridized carbons (Fsp3) is 0.273. The number of carbonyl (C=O) groups is 3. The van der Waals surface area contributed by atoms with Crippen LogP contribution in [0.2, 0.25) is 0 Å². The Kier molecular flexibility index (Phi) is 5.80. The highest BCUT2D eigenvalue weighted by Gasteiger charge is 2.46. The lowest BCUT2D eigenvalue weighted by molar-refractivity contribution is -0.131. The molecule has 166 valence electrons. The van der Waals surface area contributed by atoms with Gasteiger partial charge in [0.2, 0.25) is 5.91 Å². The first-order chi connectivity index (χ1) is 15.3. The molecule has 0 saturated carbocycles. The number of carbonyl (C=O) groups excluding carboxylic acids is 3. The Morgan fingerprint density at radius 2 is 2.06 bits per heavy atom. The van der Waals surface area contributed by atoms with Crippen molar-refractivity contribution in [1.82, 2.24) is 15.2 Å². The summed E-state index contributed by atoms with van der Waals surface area (Å²) in [6.45, 7) is 2.92. The molecule has 10 heteroatoms. The highest BCUT2D eigenvalue weighted by molar-refractivity contribution is 14.1. The second-order valence-corrected chi connectivity index (χ2v) is 8.11. The predicted octanol–water partition coefficient (Wildman–Crippen LogP) is 3.17. The van der Waals surface area contributed by atoms with Crippen LogP contribution in [-0.4, -0.2) is 41.1 Å². The molecule has 4 rings (SSSR count). The zero-order valence-electron chi connectivity index (χ0n) is 17.7. The molecule has 0 radical (unpaired) electrons. The average molecular weight is 548 g/mol. The minimum absolute atomic E-state index is 0.0814. The lowest BCUT2D eigenvalue weighted by atomic mass is 9.90. The van der Waals surface area contributed by atoms with Gasteiger partial charge in [-0.2, -0.15) is 0 Å². The Hall–Kier alpha value is -3.15. The standard InChI is InChI=1S/C22H21IN4O5/c1-12(28)22(26-13(2)29,19-6-15-9-25-20(24-3)8-18(15)31-19)11-27-10-14-4-5-16(32-23)7-17(14)21(27)30/h4-9H,10-11H2,1-3H3,(H,24,25)(H,26,29)/t22-/m1/s1. The first kappa shape index (κ1) is 22.1. The molecule has 1 aliphatic rings. The number of hydrogen-bond donors (Lipinski definition) is 2. The predicted molar refractivity (Wildman–Crippen MR) is 126 cm³/mol. The summed E-state index contributed by atoms with van der Waals surface area (Å²) in [4.78, 5) is 44.1. The zero-order valence-corrected chi connectivity index (χ0v) is 19.8. The number of rotatable bonds is 7. The number of nitrogens with zero attached hydrogens (tertiary/aromatic N) is 2. The van der Waals surface area contributed by atoms with Crippen molar-refractivity contribution >= 4 is 57.4 Å². The number of aromatic nitrogens is 1. The number of fused-ring (bicyclic) bond motifs is 2. The van der Waals surface area contributed by atoms with E-state index in [-0.39, 0.29) is 24.0 Å². The maximum atomic E-state index is 13.1. The van der Waals surface area contributed by atoms with E-state index >= 15 is 0 Å². The van der Waals surface area contributed by atoms with Crippen LogP contribution in [0.3, 0.4) is 0 Å². The molecule has 0 bridgehead atoms. The molecule has 1 aliphatic heterocycles. The zero-order chi connectivity index (χ0) is 23.0. The number of hydrogen-bond acceptors (Lipinski definition) is 7. The van der Waals surface area contributed by atoms with Gasteiger partial charge in [0.25, 0.3) is 5.91 Å². The Morgan fingerprint density at radius 3 is 2.72 bits per heavy atom.